The van der Waals surface area contributed by atoms with Crippen LogP contribution < -0.4 is 5.73 Å². The van der Waals surface area contributed by atoms with Gasteiger partial charge in [0.2, 0.25) is 0 Å². The SMILES string of the molecule is NCCc1c[nH]c2ccc(CN3CCN(Cc4ccccc4)C3=O)cc12.O=C(O)C=CC(=O)O. The Morgan fingerprint density at radius 3 is 2.15 bits per heavy atom. The fourth-order valence-electron chi connectivity index (χ4n) is 3.78. The monoisotopic (exact) mass is 464 g/mol. The second-order valence-electron chi connectivity index (χ2n) is 7.85. The topological polar surface area (TPSA) is 140 Å². The van der Waals surface area contributed by atoms with Crippen molar-refractivity contribution in [1.82, 2.24) is 14.8 Å². The summed E-state index contributed by atoms with van der Waals surface area (Å²) in [5.41, 5.74) is 10.4. The fourth-order valence-corrected chi connectivity index (χ4v) is 3.78. The van der Waals surface area contributed by atoms with E-state index in [1.165, 1.54) is 16.5 Å². The van der Waals surface area contributed by atoms with Crippen LogP contribution in [0.25, 0.3) is 10.9 Å². The van der Waals surface area contributed by atoms with Gasteiger partial charge in [-0.1, -0.05) is 36.4 Å². The molecule has 4 rings (SSSR count). The highest BCUT2D eigenvalue weighted by Crippen LogP contribution is 2.22. The Kier molecular flexibility index (Phi) is 8.42. The van der Waals surface area contributed by atoms with Crippen LogP contribution in [0.1, 0.15) is 16.7 Å². The average molecular weight is 465 g/mol. The average Bonchev–Trinajstić information content (AvgIpc) is 3.37. The number of nitrogens with two attached hydrogens (primary N) is 1. The number of H-pyrrole nitrogens is 1. The van der Waals surface area contributed by atoms with Crippen LogP contribution in [0.5, 0.6) is 0 Å². The zero-order valence-corrected chi connectivity index (χ0v) is 18.7. The number of hydrogen-bond acceptors (Lipinski definition) is 4. The van der Waals surface area contributed by atoms with E-state index in [0.29, 0.717) is 31.8 Å². The Labute approximate surface area is 197 Å². The lowest BCUT2D eigenvalue weighted by Gasteiger charge is -2.19. The molecule has 0 radical (unpaired) electrons. The minimum atomic E-state index is -1.26. The highest BCUT2D eigenvalue weighted by atomic mass is 16.4. The van der Waals surface area contributed by atoms with Crippen LogP contribution in [0.4, 0.5) is 4.79 Å². The number of fused-ring (bicyclic) bond motifs is 1. The molecule has 3 aromatic rings. The van der Waals surface area contributed by atoms with E-state index in [2.05, 4.69) is 35.3 Å². The molecule has 0 bridgehead atoms. The van der Waals surface area contributed by atoms with E-state index in [4.69, 9.17) is 15.9 Å². The van der Waals surface area contributed by atoms with Crippen LogP contribution in [0.15, 0.2) is 66.9 Å². The van der Waals surface area contributed by atoms with Crippen molar-refractivity contribution in [1.29, 1.82) is 0 Å². The normalized spacial score (nSPS) is 13.4. The number of amides is 2. The molecular weight excluding hydrogens is 436 g/mol. The molecule has 2 heterocycles. The van der Waals surface area contributed by atoms with Gasteiger partial charge in [0.05, 0.1) is 0 Å². The molecule has 34 heavy (non-hydrogen) atoms. The molecule has 1 aliphatic rings. The summed E-state index contributed by atoms with van der Waals surface area (Å²) < 4.78 is 0. The number of urea groups is 1. The van der Waals surface area contributed by atoms with Crippen molar-refractivity contribution in [2.24, 2.45) is 5.73 Å². The van der Waals surface area contributed by atoms with Gasteiger partial charge in [0.25, 0.3) is 0 Å². The molecular formula is C25H28N4O5. The number of rotatable bonds is 8. The largest absolute Gasteiger partial charge is 0.478 e. The fraction of sp³-hybridized carbons (Fsp3) is 0.240. The summed E-state index contributed by atoms with van der Waals surface area (Å²) in [6.07, 6.45) is 4.01. The van der Waals surface area contributed by atoms with E-state index in [1.807, 2.05) is 34.2 Å². The standard InChI is InChI=1S/C21H24N4O.C4H4O4/c22-9-8-18-13-23-20-7-6-17(12-19(18)20)15-25-11-10-24(21(25)26)14-16-4-2-1-3-5-16;5-3(6)1-2-4(7)8/h1-7,12-13,23H,8-11,14-15,22H2;1-2H,(H,5,6)(H,7,8). The van der Waals surface area contributed by atoms with Crippen LogP contribution >= 0.6 is 0 Å². The summed E-state index contributed by atoms with van der Waals surface area (Å²) in [5.74, 6) is -2.51. The molecule has 178 valence electrons. The second kappa shape index (κ2) is 11.7. The molecule has 1 aromatic heterocycles. The van der Waals surface area contributed by atoms with Gasteiger partial charge in [-0.25, -0.2) is 14.4 Å². The van der Waals surface area contributed by atoms with Crippen molar-refractivity contribution < 1.29 is 24.6 Å². The van der Waals surface area contributed by atoms with Gasteiger partial charge >= 0.3 is 18.0 Å². The van der Waals surface area contributed by atoms with E-state index in [1.54, 1.807) is 0 Å². The lowest BCUT2D eigenvalue weighted by Crippen LogP contribution is -2.31. The molecule has 0 aliphatic carbocycles. The van der Waals surface area contributed by atoms with Crippen LogP contribution in [0.2, 0.25) is 0 Å². The van der Waals surface area contributed by atoms with Gasteiger partial charge < -0.3 is 30.7 Å². The van der Waals surface area contributed by atoms with E-state index in [9.17, 15) is 14.4 Å². The Morgan fingerprint density at radius 1 is 0.941 bits per heavy atom. The zero-order chi connectivity index (χ0) is 24.5. The number of carboxylic acid groups (broad SMARTS) is 2. The number of nitrogens with zero attached hydrogens (tertiary/aromatic N) is 2. The number of benzene rings is 2. The number of carboxylic acids is 2. The molecule has 0 saturated carbocycles. The summed E-state index contributed by atoms with van der Waals surface area (Å²) in [4.78, 5) is 39.0. The molecule has 9 heteroatoms. The van der Waals surface area contributed by atoms with Crippen LogP contribution in [-0.4, -0.2) is 62.6 Å². The first-order chi connectivity index (χ1) is 16.4. The number of nitrogens with one attached hydrogen (secondary N) is 1. The molecule has 0 spiro atoms. The number of carbonyl (C=O) groups excluding carboxylic acids is 1. The Bertz CT molecular complexity index is 1160. The number of aliphatic carboxylic acids is 2. The first kappa shape index (κ1) is 24.5. The molecule has 5 N–H and O–H groups in total. The van der Waals surface area contributed by atoms with Crippen molar-refractivity contribution in [2.45, 2.75) is 19.5 Å². The molecule has 2 aromatic carbocycles. The summed E-state index contributed by atoms with van der Waals surface area (Å²) >= 11 is 0. The highest BCUT2D eigenvalue weighted by Gasteiger charge is 2.28. The first-order valence-electron chi connectivity index (χ1n) is 10.9. The molecule has 0 unspecified atom stereocenters. The zero-order valence-electron chi connectivity index (χ0n) is 18.7. The van der Waals surface area contributed by atoms with Crippen molar-refractivity contribution in [3.05, 3.63) is 83.6 Å². The number of aromatic amines is 1. The third-order valence-corrected chi connectivity index (χ3v) is 5.38. The van der Waals surface area contributed by atoms with Crippen molar-refractivity contribution in [3.63, 3.8) is 0 Å². The highest BCUT2D eigenvalue weighted by molar-refractivity contribution is 5.89. The second-order valence-corrected chi connectivity index (χ2v) is 7.85. The molecule has 2 amide bonds. The van der Waals surface area contributed by atoms with Crippen LogP contribution in [-0.2, 0) is 29.1 Å². The van der Waals surface area contributed by atoms with Crippen LogP contribution in [0.3, 0.4) is 0 Å². The minimum Gasteiger partial charge on any atom is -0.478 e. The quantitative estimate of drug-likeness (QED) is 0.378. The molecule has 1 saturated heterocycles. The van der Waals surface area contributed by atoms with E-state index in [-0.39, 0.29) is 6.03 Å². The van der Waals surface area contributed by atoms with Gasteiger partial charge in [-0.3, -0.25) is 0 Å². The summed E-state index contributed by atoms with van der Waals surface area (Å²) in [6, 6.07) is 16.6. The van der Waals surface area contributed by atoms with Gasteiger partial charge in [-0.05, 0) is 41.8 Å². The van der Waals surface area contributed by atoms with Gasteiger partial charge in [0.15, 0.2) is 0 Å². The maximum absolute atomic E-state index is 12.7. The third kappa shape index (κ3) is 6.69. The van der Waals surface area contributed by atoms with Crippen LogP contribution in [0, 0.1) is 0 Å². The van der Waals surface area contributed by atoms with Gasteiger partial charge in [0.1, 0.15) is 0 Å². The first-order valence-corrected chi connectivity index (χ1v) is 10.9. The Morgan fingerprint density at radius 2 is 1.56 bits per heavy atom. The molecule has 0 atom stereocenters. The Hall–Kier alpha value is -4.11. The van der Waals surface area contributed by atoms with Crippen molar-refractivity contribution in [2.75, 3.05) is 19.6 Å². The van der Waals surface area contributed by atoms with E-state index >= 15 is 0 Å². The van der Waals surface area contributed by atoms with E-state index in [0.717, 1.165) is 30.6 Å². The third-order valence-electron chi connectivity index (χ3n) is 5.38. The molecule has 1 fully saturated rings. The lowest BCUT2D eigenvalue weighted by molar-refractivity contribution is -0.134. The molecule has 1 aliphatic heterocycles. The molecule has 9 nitrogen and oxygen atoms in total. The number of aromatic nitrogens is 1. The maximum atomic E-state index is 12.7. The Balaban J connectivity index is 0.000000350. The van der Waals surface area contributed by atoms with Crippen molar-refractivity contribution in [3.8, 4) is 0 Å². The predicted octanol–water partition coefficient (Wildman–Crippen LogP) is 2.82. The van der Waals surface area contributed by atoms with Crippen molar-refractivity contribution >= 4 is 28.9 Å². The smallest absolute Gasteiger partial charge is 0.328 e. The lowest BCUT2D eigenvalue weighted by atomic mass is 10.1. The summed E-state index contributed by atoms with van der Waals surface area (Å²) in [5, 5.41) is 16.8. The predicted molar refractivity (Wildman–Crippen MR) is 128 cm³/mol. The summed E-state index contributed by atoms with van der Waals surface area (Å²) in [6.45, 7) is 3.50. The minimum absolute atomic E-state index is 0.116. The number of carbonyl (C=O) groups is 3. The number of hydrogen-bond donors (Lipinski definition) is 4. The van der Waals surface area contributed by atoms with Gasteiger partial charge in [-0.15, -0.1) is 0 Å². The summed E-state index contributed by atoms with van der Waals surface area (Å²) in [7, 11) is 0. The van der Waals surface area contributed by atoms with Gasteiger partial charge in [0, 0.05) is 55.4 Å². The maximum Gasteiger partial charge on any atom is 0.328 e. The van der Waals surface area contributed by atoms with E-state index < -0.39 is 11.9 Å². The van der Waals surface area contributed by atoms with Gasteiger partial charge in [-0.2, -0.15) is 0 Å².